The molecule has 0 spiro atoms. The van der Waals surface area contributed by atoms with Crippen LogP contribution in [0.15, 0.2) is 0 Å². The van der Waals surface area contributed by atoms with Crippen LogP contribution in [0.1, 0.15) is 39.5 Å². The van der Waals surface area contributed by atoms with E-state index in [9.17, 15) is 0 Å². The van der Waals surface area contributed by atoms with Gasteiger partial charge in [-0.2, -0.15) is 12.6 Å². The first-order valence-electron chi connectivity index (χ1n) is 5.03. The summed E-state index contributed by atoms with van der Waals surface area (Å²) in [6.07, 6.45) is 4.95. The van der Waals surface area contributed by atoms with Crippen LogP contribution in [-0.4, -0.2) is 19.0 Å². The highest BCUT2D eigenvalue weighted by Gasteiger charge is 2.02. The molecule has 1 nitrogen and oxygen atoms in total. The van der Waals surface area contributed by atoms with Crippen LogP contribution < -0.4 is 0 Å². The van der Waals surface area contributed by atoms with Gasteiger partial charge in [-0.1, -0.05) is 33.1 Å². The minimum atomic E-state index is 0.648. The monoisotopic (exact) mass is 190 g/mol. The molecule has 0 saturated heterocycles. The van der Waals surface area contributed by atoms with Gasteiger partial charge in [0, 0.05) is 6.61 Å². The number of hydrogen-bond acceptors (Lipinski definition) is 2. The van der Waals surface area contributed by atoms with Crippen LogP contribution in [0.4, 0.5) is 0 Å². The third-order valence-electron chi connectivity index (χ3n) is 2.08. The molecular formula is C10H22OS. The van der Waals surface area contributed by atoms with Crippen LogP contribution in [0.25, 0.3) is 0 Å². The number of unbranched alkanes of at least 4 members (excludes halogenated alkanes) is 2. The highest BCUT2D eigenvalue weighted by Crippen LogP contribution is 2.05. The molecule has 12 heavy (non-hydrogen) atoms. The van der Waals surface area contributed by atoms with Gasteiger partial charge in [-0.25, -0.2) is 0 Å². The third-order valence-corrected chi connectivity index (χ3v) is 2.60. The Labute approximate surface area is 82.3 Å². The summed E-state index contributed by atoms with van der Waals surface area (Å²) in [5.41, 5.74) is 0. The number of ether oxygens (including phenoxy) is 1. The van der Waals surface area contributed by atoms with E-state index < -0.39 is 0 Å². The summed E-state index contributed by atoms with van der Waals surface area (Å²) >= 11 is 4.26. The van der Waals surface area contributed by atoms with Crippen molar-refractivity contribution in [2.45, 2.75) is 39.5 Å². The maximum absolute atomic E-state index is 5.53. The van der Waals surface area contributed by atoms with E-state index in [0.29, 0.717) is 5.92 Å². The Morgan fingerprint density at radius 2 is 2.00 bits per heavy atom. The lowest BCUT2D eigenvalue weighted by Gasteiger charge is -2.11. The molecule has 0 saturated carbocycles. The molecule has 0 rings (SSSR count). The number of thiol groups is 1. The molecule has 0 bridgehead atoms. The molecule has 0 heterocycles. The van der Waals surface area contributed by atoms with Gasteiger partial charge < -0.3 is 4.74 Å². The zero-order valence-corrected chi connectivity index (χ0v) is 9.28. The molecule has 0 aliphatic rings. The first-order valence-corrected chi connectivity index (χ1v) is 5.66. The van der Waals surface area contributed by atoms with Gasteiger partial charge in [0.15, 0.2) is 0 Å². The molecular weight excluding hydrogens is 168 g/mol. The summed E-state index contributed by atoms with van der Waals surface area (Å²) in [6.45, 7) is 6.22. The molecule has 2 heteroatoms. The summed E-state index contributed by atoms with van der Waals surface area (Å²) < 4.78 is 5.53. The number of hydrogen-bond donors (Lipinski definition) is 1. The fourth-order valence-corrected chi connectivity index (χ4v) is 1.37. The smallest absolute Gasteiger partial charge is 0.0501 e. The lowest BCUT2D eigenvalue weighted by Crippen LogP contribution is -2.10. The molecule has 0 aliphatic heterocycles. The number of rotatable bonds is 8. The van der Waals surface area contributed by atoms with Crippen molar-refractivity contribution in [2.75, 3.05) is 19.0 Å². The van der Waals surface area contributed by atoms with Crippen molar-refractivity contribution in [3.63, 3.8) is 0 Å². The average Bonchev–Trinajstić information content (AvgIpc) is 2.11. The Kier molecular flexibility index (Phi) is 9.64. The molecule has 74 valence electrons. The van der Waals surface area contributed by atoms with Crippen molar-refractivity contribution in [3.8, 4) is 0 Å². The molecule has 0 fully saturated rings. The molecule has 0 N–H and O–H groups in total. The Bertz CT molecular complexity index is 81.9. The SMILES string of the molecule is CCCCCOCC(CC)CS. The molecule has 0 aliphatic carbocycles. The van der Waals surface area contributed by atoms with Crippen molar-refractivity contribution >= 4 is 12.6 Å². The fraction of sp³-hybridized carbons (Fsp3) is 1.00. The third kappa shape index (κ3) is 6.99. The second-order valence-corrected chi connectivity index (χ2v) is 3.60. The van der Waals surface area contributed by atoms with E-state index in [1.165, 1.54) is 25.7 Å². The van der Waals surface area contributed by atoms with E-state index in [1.807, 2.05) is 0 Å². The largest absolute Gasteiger partial charge is 0.381 e. The molecule has 1 atom stereocenters. The summed E-state index contributed by atoms with van der Waals surface area (Å²) in [7, 11) is 0. The van der Waals surface area contributed by atoms with Crippen LogP contribution in [-0.2, 0) is 4.74 Å². The Morgan fingerprint density at radius 1 is 1.25 bits per heavy atom. The first kappa shape index (κ1) is 12.3. The molecule has 0 radical (unpaired) electrons. The van der Waals surface area contributed by atoms with Gasteiger partial charge in [0.05, 0.1) is 6.61 Å². The zero-order chi connectivity index (χ0) is 9.23. The standard InChI is InChI=1S/C10H22OS/c1-3-5-6-7-11-8-10(4-2)9-12/h10,12H,3-9H2,1-2H3. The predicted molar refractivity (Wildman–Crippen MR) is 58.0 cm³/mol. The highest BCUT2D eigenvalue weighted by molar-refractivity contribution is 7.80. The Balaban J connectivity index is 3.06. The lowest BCUT2D eigenvalue weighted by molar-refractivity contribution is 0.102. The second-order valence-electron chi connectivity index (χ2n) is 3.24. The Hall–Kier alpha value is 0.310. The Morgan fingerprint density at radius 3 is 2.50 bits per heavy atom. The molecule has 0 aromatic carbocycles. The maximum Gasteiger partial charge on any atom is 0.0501 e. The molecule has 0 aromatic heterocycles. The van der Waals surface area contributed by atoms with E-state index in [4.69, 9.17) is 4.74 Å². The van der Waals surface area contributed by atoms with E-state index in [2.05, 4.69) is 26.5 Å². The van der Waals surface area contributed by atoms with Gasteiger partial charge in [-0.15, -0.1) is 0 Å². The van der Waals surface area contributed by atoms with Crippen molar-refractivity contribution in [2.24, 2.45) is 5.92 Å². The van der Waals surface area contributed by atoms with Crippen molar-refractivity contribution in [1.82, 2.24) is 0 Å². The second kappa shape index (κ2) is 9.40. The van der Waals surface area contributed by atoms with Gasteiger partial charge in [0.2, 0.25) is 0 Å². The van der Waals surface area contributed by atoms with E-state index >= 15 is 0 Å². The lowest BCUT2D eigenvalue weighted by atomic mass is 10.1. The van der Waals surface area contributed by atoms with Gasteiger partial charge in [-0.05, 0) is 18.1 Å². The summed E-state index contributed by atoms with van der Waals surface area (Å²) in [5.74, 6) is 1.60. The van der Waals surface area contributed by atoms with E-state index in [1.54, 1.807) is 0 Å². The molecule has 1 unspecified atom stereocenters. The zero-order valence-electron chi connectivity index (χ0n) is 8.38. The predicted octanol–water partition coefficient (Wildman–Crippen LogP) is 3.15. The van der Waals surface area contributed by atoms with Gasteiger partial charge in [-0.3, -0.25) is 0 Å². The minimum absolute atomic E-state index is 0.648. The topological polar surface area (TPSA) is 9.23 Å². The van der Waals surface area contributed by atoms with Crippen LogP contribution in [0, 0.1) is 5.92 Å². The highest BCUT2D eigenvalue weighted by atomic mass is 32.1. The summed E-state index contributed by atoms with van der Waals surface area (Å²) in [5, 5.41) is 0. The molecule has 0 amide bonds. The van der Waals surface area contributed by atoms with Gasteiger partial charge >= 0.3 is 0 Å². The van der Waals surface area contributed by atoms with Crippen LogP contribution in [0.5, 0.6) is 0 Å². The summed E-state index contributed by atoms with van der Waals surface area (Å²) in [4.78, 5) is 0. The van der Waals surface area contributed by atoms with Crippen LogP contribution >= 0.6 is 12.6 Å². The average molecular weight is 190 g/mol. The van der Waals surface area contributed by atoms with Gasteiger partial charge in [0.25, 0.3) is 0 Å². The van der Waals surface area contributed by atoms with Crippen molar-refractivity contribution in [3.05, 3.63) is 0 Å². The molecule has 0 aromatic rings. The summed E-state index contributed by atoms with van der Waals surface area (Å²) in [6, 6.07) is 0. The van der Waals surface area contributed by atoms with Crippen molar-refractivity contribution in [1.29, 1.82) is 0 Å². The first-order chi connectivity index (χ1) is 5.85. The quantitative estimate of drug-likeness (QED) is 0.457. The normalized spacial score (nSPS) is 13.2. The fourth-order valence-electron chi connectivity index (χ4n) is 1.00. The van der Waals surface area contributed by atoms with E-state index in [-0.39, 0.29) is 0 Å². The van der Waals surface area contributed by atoms with Gasteiger partial charge in [0.1, 0.15) is 0 Å². The maximum atomic E-state index is 5.53. The minimum Gasteiger partial charge on any atom is -0.381 e. The van der Waals surface area contributed by atoms with Crippen LogP contribution in [0.3, 0.4) is 0 Å². The van der Waals surface area contributed by atoms with E-state index in [0.717, 1.165) is 19.0 Å². The van der Waals surface area contributed by atoms with Crippen LogP contribution in [0.2, 0.25) is 0 Å². The van der Waals surface area contributed by atoms with Crippen molar-refractivity contribution < 1.29 is 4.74 Å².